The molecule has 0 fully saturated rings. The monoisotopic (exact) mass is 248 g/mol. The second-order valence-electron chi connectivity index (χ2n) is 3.59. The highest BCUT2D eigenvalue weighted by Crippen LogP contribution is 2.28. The van der Waals surface area contributed by atoms with Gasteiger partial charge in [-0.25, -0.2) is 4.98 Å². The number of nitrogens with two attached hydrogens (primary N) is 1. The van der Waals surface area contributed by atoms with Gasteiger partial charge in [-0.15, -0.1) is 11.3 Å². The largest absolute Gasteiger partial charge is 0.496 e. The van der Waals surface area contributed by atoms with Crippen molar-refractivity contribution >= 4 is 17.2 Å². The van der Waals surface area contributed by atoms with Crippen LogP contribution in [0.15, 0.2) is 23.6 Å². The number of amides is 1. The van der Waals surface area contributed by atoms with E-state index in [4.69, 9.17) is 10.5 Å². The number of carbonyl (C=O) groups excluding carboxylic acids is 1. The Morgan fingerprint density at radius 1 is 1.47 bits per heavy atom. The number of aromatic nitrogens is 1. The van der Waals surface area contributed by atoms with Crippen molar-refractivity contribution in [2.75, 3.05) is 7.11 Å². The van der Waals surface area contributed by atoms with Crippen molar-refractivity contribution in [2.24, 2.45) is 5.73 Å². The Hall–Kier alpha value is -1.88. The number of primary amides is 1. The normalized spacial score (nSPS) is 10.2. The molecule has 0 unspecified atom stereocenters. The first-order chi connectivity index (χ1) is 8.11. The molecule has 2 N–H and O–H groups in total. The summed E-state index contributed by atoms with van der Waals surface area (Å²) < 4.78 is 5.19. The van der Waals surface area contributed by atoms with Gasteiger partial charge in [0.15, 0.2) is 0 Å². The molecule has 0 aliphatic rings. The molecule has 0 atom stereocenters. The van der Waals surface area contributed by atoms with Crippen LogP contribution >= 0.6 is 11.3 Å². The first-order valence-corrected chi connectivity index (χ1v) is 5.90. The van der Waals surface area contributed by atoms with Crippen LogP contribution in [-0.4, -0.2) is 18.0 Å². The molecule has 0 bridgehead atoms. The van der Waals surface area contributed by atoms with Gasteiger partial charge in [-0.3, -0.25) is 4.79 Å². The Bertz CT molecular complexity index is 563. The second kappa shape index (κ2) is 4.55. The molecule has 1 aromatic carbocycles. The van der Waals surface area contributed by atoms with Crippen molar-refractivity contribution in [3.63, 3.8) is 0 Å². The molecule has 0 spiro atoms. The Balaban J connectivity index is 2.39. The van der Waals surface area contributed by atoms with Crippen LogP contribution in [0, 0.1) is 6.92 Å². The molecule has 2 rings (SSSR count). The molecule has 17 heavy (non-hydrogen) atoms. The standard InChI is InChI=1S/C12H12N2O2S/c1-7-5-8(3-4-10(7)16-2)12-14-9(6-17-12)11(13)15/h3-6H,1-2H3,(H2,13,15). The highest BCUT2D eigenvalue weighted by atomic mass is 32.1. The first-order valence-electron chi connectivity index (χ1n) is 5.02. The van der Waals surface area contributed by atoms with Gasteiger partial charge in [0.1, 0.15) is 16.5 Å². The molecule has 0 aliphatic carbocycles. The average Bonchev–Trinajstić information content (AvgIpc) is 2.78. The van der Waals surface area contributed by atoms with Gasteiger partial charge in [0.25, 0.3) is 5.91 Å². The van der Waals surface area contributed by atoms with Gasteiger partial charge < -0.3 is 10.5 Å². The summed E-state index contributed by atoms with van der Waals surface area (Å²) in [6.07, 6.45) is 0. The lowest BCUT2D eigenvalue weighted by molar-refractivity contribution is 0.0996. The van der Waals surface area contributed by atoms with Gasteiger partial charge in [-0.1, -0.05) is 0 Å². The minimum Gasteiger partial charge on any atom is -0.496 e. The molecule has 1 amide bonds. The van der Waals surface area contributed by atoms with Gasteiger partial charge in [-0.05, 0) is 30.7 Å². The molecule has 1 aromatic heterocycles. The van der Waals surface area contributed by atoms with Gasteiger partial charge >= 0.3 is 0 Å². The third-order valence-corrected chi connectivity index (χ3v) is 3.29. The third-order valence-electron chi connectivity index (χ3n) is 2.40. The van der Waals surface area contributed by atoms with Crippen molar-refractivity contribution in [3.05, 3.63) is 34.8 Å². The molecule has 0 saturated carbocycles. The lowest BCUT2D eigenvalue weighted by atomic mass is 10.1. The van der Waals surface area contributed by atoms with Crippen LogP contribution in [0.1, 0.15) is 16.1 Å². The summed E-state index contributed by atoms with van der Waals surface area (Å²) in [6.45, 7) is 1.96. The summed E-state index contributed by atoms with van der Waals surface area (Å²) >= 11 is 1.40. The number of aryl methyl sites for hydroxylation is 1. The number of hydrogen-bond donors (Lipinski definition) is 1. The Morgan fingerprint density at radius 2 is 2.24 bits per heavy atom. The lowest BCUT2D eigenvalue weighted by Crippen LogP contribution is -2.10. The summed E-state index contributed by atoms with van der Waals surface area (Å²) in [5.74, 6) is 0.332. The maximum absolute atomic E-state index is 11.0. The fourth-order valence-electron chi connectivity index (χ4n) is 1.53. The van der Waals surface area contributed by atoms with E-state index in [0.29, 0.717) is 5.69 Å². The predicted octanol–water partition coefficient (Wildman–Crippen LogP) is 2.23. The maximum atomic E-state index is 11.0. The number of ether oxygens (including phenoxy) is 1. The molecule has 1 heterocycles. The van der Waals surface area contributed by atoms with Crippen molar-refractivity contribution < 1.29 is 9.53 Å². The lowest BCUT2D eigenvalue weighted by Gasteiger charge is -2.05. The number of rotatable bonds is 3. The number of hydrogen-bond acceptors (Lipinski definition) is 4. The molecule has 0 saturated heterocycles. The van der Waals surface area contributed by atoms with Crippen LogP contribution in [-0.2, 0) is 0 Å². The number of thiazole rings is 1. The minimum atomic E-state index is -0.502. The topological polar surface area (TPSA) is 65.2 Å². The maximum Gasteiger partial charge on any atom is 0.268 e. The van der Waals surface area contributed by atoms with Crippen LogP contribution in [0.4, 0.5) is 0 Å². The van der Waals surface area contributed by atoms with E-state index >= 15 is 0 Å². The molecule has 2 aromatic rings. The van der Waals surface area contributed by atoms with E-state index in [1.807, 2.05) is 25.1 Å². The van der Waals surface area contributed by atoms with Crippen LogP contribution in [0.3, 0.4) is 0 Å². The summed E-state index contributed by atoms with van der Waals surface area (Å²) in [5, 5.41) is 2.45. The van der Waals surface area contributed by atoms with E-state index in [0.717, 1.165) is 21.9 Å². The summed E-state index contributed by atoms with van der Waals surface area (Å²) in [7, 11) is 1.64. The molecule has 4 nitrogen and oxygen atoms in total. The number of nitrogens with zero attached hydrogens (tertiary/aromatic N) is 1. The molecular formula is C12H12N2O2S. The second-order valence-corrected chi connectivity index (χ2v) is 4.44. The fourth-order valence-corrected chi connectivity index (χ4v) is 2.34. The molecule has 0 aliphatic heterocycles. The highest BCUT2D eigenvalue weighted by molar-refractivity contribution is 7.13. The van der Waals surface area contributed by atoms with Crippen molar-refractivity contribution in [3.8, 4) is 16.3 Å². The summed E-state index contributed by atoms with van der Waals surface area (Å²) in [4.78, 5) is 15.1. The van der Waals surface area contributed by atoms with Crippen LogP contribution in [0.25, 0.3) is 10.6 Å². The Labute approximate surface area is 103 Å². The highest BCUT2D eigenvalue weighted by Gasteiger charge is 2.09. The number of benzene rings is 1. The number of methoxy groups -OCH3 is 1. The molecular weight excluding hydrogens is 236 g/mol. The Morgan fingerprint density at radius 3 is 2.76 bits per heavy atom. The van der Waals surface area contributed by atoms with Crippen LogP contribution < -0.4 is 10.5 Å². The molecule has 5 heteroatoms. The van der Waals surface area contributed by atoms with Gasteiger partial charge in [0.2, 0.25) is 0 Å². The van der Waals surface area contributed by atoms with E-state index in [1.54, 1.807) is 12.5 Å². The zero-order chi connectivity index (χ0) is 12.4. The van der Waals surface area contributed by atoms with E-state index in [9.17, 15) is 4.79 Å². The molecule has 88 valence electrons. The van der Waals surface area contributed by atoms with E-state index in [1.165, 1.54) is 11.3 Å². The van der Waals surface area contributed by atoms with Crippen molar-refractivity contribution in [1.82, 2.24) is 4.98 Å². The van der Waals surface area contributed by atoms with Crippen LogP contribution in [0.5, 0.6) is 5.75 Å². The van der Waals surface area contributed by atoms with Crippen LogP contribution in [0.2, 0.25) is 0 Å². The first kappa shape index (κ1) is 11.6. The van der Waals surface area contributed by atoms with E-state index < -0.39 is 5.91 Å². The van der Waals surface area contributed by atoms with E-state index in [-0.39, 0.29) is 0 Å². The summed E-state index contributed by atoms with van der Waals surface area (Å²) in [6, 6.07) is 5.77. The third kappa shape index (κ3) is 2.29. The zero-order valence-electron chi connectivity index (χ0n) is 9.56. The molecule has 0 radical (unpaired) electrons. The van der Waals surface area contributed by atoms with Gasteiger partial charge in [0, 0.05) is 10.9 Å². The quantitative estimate of drug-likeness (QED) is 0.905. The SMILES string of the molecule is COc1ccc(-c2nc(C(N)=O)cs2)cc1C. The van der Waals surface area contributed by atoms with Gasteiger partial charge in [-0.2, -0.15) is 0 Å². The van der Waals surface area contributed by atoms with Gasteiger partial charge in [0.05, 0.1) is 7.11 Å². The van der Waals surface area contributed by atoms with Crippen molar-refractivity contribution in [2.45, 2.75) is 6.92 Å². The van der Waals surface area contributed by atoms with Crippen molar-refractivity contribution in [1.29, 1.82) is 0 Å². The van der Waals surface area contributed by atoms with E-state index in [2.05, 4.69) is 4.98 Å². The fraction of sp³-hybridized carbons (Fsp3) is 0.167. The predicted molar refractivity (Wildman–Crippen MR) is 67.4 cm³/mol. The Kier molecular flexibility index (Phi) is 3.10. The summed E-state index contributed by atoms with van der Waals surface area (Å²) in [5.41, 5.74) is 7.46. The number of carbonyl (C=O) groups is 1. The smallest absolute Gasteiger partial charge is 0.268 e. The zero-order valence-corrected chi connectivity index (χ0v) is 10.4. The average molecular weight is 248 g/mol. The minimum absolute atomic E-state index is 0.304.